The predicted molar refractivity (Wildman–Crippen MR) is 76.5 cm³/mol. The fraction of sp³-hybridized carbons (Fsp3) is 0.692. The molecule has 1 fully saturated rings. The van der Waals surface area contributed by atoms with Crippen LogP contribution >= 0.6 is 0 Å². The summed E-state index contributed by atoms with van der Waals surface area (Å²) in [5.74, 6) is -0.670. The van der Waals surface area contributed by atoms with Gasteiger partial charge in [-0.05, 0) is 24.7 Å². The number of aromatic carboxylic acids is 1. The Hall–Kier alpha value is -1.41. The van der Waals surface area contributed by atoms with E-state index in [1.807, 2.05) is 0 Å². The number of rotatable bonds is 5. The summed E-state index contributed by atoms with van der Waals surface area (Å²) in [5.41, 5.74) is -0.334. The average molecular weight is 315 g/mol. The van der Waals surface area contributed by atoms with E-state index in [0.717, 1.165) is 31.9 Å². The maximum absolute atomic E-state index is 12.4. The number of carboxylic acid groups (broad SMARTS) is 1. The molecule has 8 heteroatoms. The third-order valence-corrected chi connectivity index (χ3v) is 5.55. The van der Waals surface area contributed by atoms with E-state index in [0.29, 0.717) is 5.92 Å². The second kappa shape index (κ2) is 6.15. The minimum absolute atomic E-state index is 0.159. The highest BCUT2D eigenvalue weighted by Gasteiger charge is 2.33. The summed E-state index contributed by atoms with van der Waals surface area (Å²) in [6.45, 7) is 4.16. The molecule has 1 aliphatic carbocycles. The van der Waals surface area contributed by atoms with Gasteiger partial charge in [0.05, 0.1) is 6.20 Å². The highest BCUT2D eigenvalue weighted by Crippen LogP contribution is 2.31. The number of carboxylic acids is 1. The quantitative estimate of drug-likeness (QED) is 0.764. The lowest BCUT2D eigenvalue weighted by Gasteiger charge is -2.34. The van der Waals surface area contributed by atoms with Crippen molar-refractivity contribution in [2.45, 2.75) is 50.6 Å². The number of aromatic amines is 1. The monoisotopic (exact) mass is 315 g/mol. The number of nitrogens with zero attached hydrogens (tertiary/aromatic N) is 1. The molecule has 7 nitrogen and oxygen atoms in total. The molecule has 1 aromatic rings. The Morgan fingerprint density at radius 3 is 2.71 bits per heavy atom. The van der Waals surface area contributed by atoms with E-state index in [2.05, 4.69) is 28.8 Å². The van der Waals surface area contributed by atoms with E-state index in [1.165, 1.54) is 0 Å². The Morgan fingerprint density at radius 1 is 1.43 bits per heavy atom. The number of nitrogens with one attached hydrogen (secondary N) is 2. The van der Waals surface area contributed by atoms with E-state index >= 15 is 0 Å². The van der Waals surface area contributed by atoms with Crippen LogP contribution in [0.15, 0.2) is 11.2 Å². The van der Waals surface area contributed by atoms with Gasteiger partial charge in [0.1, 0.15) is 5.56 Å². The molecule has 1 heterocycles. The molecule has 0 spiro atoms. The lowest BCUT2D eigenvalue weighted by Crippen LogP contribution is -2.44. The van der Waals surface area contributed by atoms with Crippen molar-refractivity contribution in [2.75, 3.05) is 0 Å². The summed E-state index contributed by atoms with van der Waals surface area (Å²) >= 11 is 0. The SMILES string of the molecule is CC(C)C1CCCCC1NS(=O)(=O)c1[nH]ncc1C(=O)O. The summed E-state index contributed by atoms with van der Waals surface area (Å²) in [6.07, 6.45) is 4.85. The van der Waals surface area contributed by atoms with Crippen molar-refractivity contribution in [1.82, 2.24) is 14.9 Å². The summed E-state index contributed by atoms with van der Waals surface area (Å²) < 4.78 is 27.5. The number of hydrogen-bond acceptors (Lipinski definition) is 4. The van der Waals surface area contributed by atoms with Gasteiger partial charge in [0.25, 0.3) is 10.0 Å². The molecular formula is C13H21N3O4S. The first-order valence-electron chi connectivity index (χ1n) is 7.12. The van der Waals surface area contributed by atoms with Crippen molar-refractivity contribution >= 4 is 16.0 Å². The van der Waals surface area contributed by atoms with E-state index in [-0.39, 0.29) is 22.5 Å². The average Bonchev–Trinajstić information content (AvgIpc) is 2.88. The standard InChI is InChI=1S/C13H21N3O4S/c1-8(2)9-5-3-4-6-11(9)16-21(19,20)12-10(13(17)18)7-14-15-12/h7-9,11,16H,3-6H2,1-2H3,(H,14,15)(H,17,18). The molecular weight excluding hydrogens is 294 g/mol. The second-order valence-corrected chi connectivity index (χ2v) is 7.49. The van der Waals surface area contributed by atoms with Crippen LogP contribution in [0.1, 0.15) is 49.9 Å². The van der Waals surface area contributed by atoms with Crippen LogP contribution in [0, 0.1) is 11.8 Å². The molecule has 2 rings (SSSR count). The molecule has 1 aliphatic rings. The largest absolute Gasteiger partial charge is 0.478 e. The van der Waals surface area contributed by atoms with Crippen LogP contribution in [0.4, 0.5) is 0 Å². The van der Waals surface area contributed by atoms with Gasteiger partial charge in [0.15, 0.2) is 5.03 Å². The van der Waals surface area contributed by atoms with Crippen molar-refractivity contribution in [3.63, 3.8) is 0 Å². The molecule has 1 aromatic heterocycles. The second-order valence-electron chi connectivity index (χ2n) is 5.84. The molecule has 21 heavy (non-hydrogen) atoms. The van der Waals surface area contributed by atoms with Crippen LogP contribution in [-0.4, -0.2) is 35.7 Å². The van der Waals surface area contributed by atoms with Gasteiger partial charge in [-0.15, -0.1) is 0 Å². The van der Waals surface area contributed by atoms with Crippen molar-refractivity contribution in [1.29, 1.82) is 0 Å². The normalized spacial score (nSPS) is 23.4. The topological polar surface area (TPSA) is 112 Å². The molecule has 0 aliphatic heterocycles. The lowest BCUT2D eigenvalue weighted by atomic mass is 9.78. The molecule has 0 bridgehead atoms. The van der Waals surface area contributed by atoms with Crippen LogP contribution in [0.25, 0.3) is 0 Å². The van der Waals surface area contributed by atoms with E-state index in [4.69, 9.17) is 5.11 Å². The number of H-pyrrole nitrogens is 1. The lowest BCUT2D eigenvalue weighted by molar-refractivity contribution is 0.0692. The van der Waals surface area contributed by atoms with Crippen molar-refractivity contribution in [2.24, 2.45) is 11.8 Å². The Bertz CT molecular complexity index is 609. The van der Waals surface area contributed by atoms with Gasteiger partial charge in [0, 0.05) is 6.04 Å². The molecule has 118 valence electrons. The van der Waals surface area contributed by atoms with E-state index in [9.17, 15) is 13.2 Å². The van der Waals surface area contributed by atoms with Gasteiger partial charge in [-0.1, -0.05) is 26.7 Å². The number of hydrogen-bond donors (Lipinski definition) is 3. The Labute approximate surface area is 124 Å². The fourth-order valence-electron chi connectivity index (χ4n) is 2.99. The minimum Gasteiger partial charge on any atom is -0.478 e. The van der Waals surface area contributed by atoms with Gasteiger partial charge in [0.2, 0.25) is 0 Å². The van der Waals surface area contributed by atoms with Crippen LogP contribution in [0.3, 0.4) is 0 Å². The Balaban J connectivity index is 2.24. The van der Waals surface area contributed by atoms with Crippen molar-refractivity contribution < 1.29 is 18.3 Å². The maximum atomic E-state index is 12.4. The fourth-order valence-corrected chi connectivity index (χ4v) is 4.41. The minimum atomic E-state index is -3.91. The summed E-state index contributed by atoms with van der Waals surface area (Å²) in [6, 6.07) is -0.159. The van der Waals surface area contributed by atoms with Crippen LogP contribution in [-0.2, 0) is 10.0 Å². The summed E-state index contributed by atoms with van der Waals surface area (Å²) in [4.78, 5) is 11.0. The Morgan fingerprint density at radius 2 is 2.10 bits per heavy atom. The summed E-state index contributed by atoms with van der Waals surface area (Å²) in [7, 11) is -3.91. The number of carbonyl (C=O) groups is 1. The first-order valence-corrected chi connectivity index (χ1v) is 8.60. The van der Waals surface area contributed by atoms with Crippen molar-refractivity contribution in [3.8, 4) is 0 Å². The molecule has 1 saturated carbocycles. The zero-order chi connectivity index (χ0) is 15.6. The molecule has 0 radical (unpaired) electrons. The van der Waals surface area contributed by atoms with Gasteiger partial charge in [-0.3, -0.25) is 5.10 Å². The van der Waals surface area contributed by atoms with E-state index < -0.39 is 16.0 Å². The van der Waals surface area contributed by atoms with Gasteiger partial charge < -0.3 is 5.11 Å². The first kappa shape index (κ1) is 16.0. The summed E-state index contributed by atoms with van der Waals surface area (Å²) in [5, 5.41) is 14.5. The van der Waals surface area contributed by atoms with Gasteiger partial charge in [-0.25, -0.2) is 17.9 Å². The Kier molecular flexibility index (Phi) is 4.67. The van der Waals surface area contributed by atoms with Crippen LogP contribution < -0.4 is 4.72 Å². The highest BCUT2D eigenvalue weighted by molar-refractivity contribution is 7.89. The smallest absolute Gasteiger partial charge is 0.340 e. The molecule has 2 atom stereocenters. The van der Waals surface area contributed by atoms with Crippen molar-refractivity contribution in [3.05, 3.63) is 11.8 Å². The third kappa shape index (κ3) is 3.44. The number of aromatic nitrogens is 2. The highest BCUT2D eigenvalue weighted by atomic mass is 32.2. The molecule has 0 saturated heterocycles. The van der Waals surface area contributed by atoms with Gasteiger partial charge >= 0.3 is 5.97 Å². The molecule has 0 amide bonds. The number of sulfonamides is 1. The van der Waals surface area contributed by atoms with E-state index in [1.54, 1.807) is 0 Å². The maximum Gasteiger partial charge on any atom is 0.340 e. The zero-order valence-corrected chi connectivity index (χ0v) is 13.0. The predicted octanol–water partition coefficient (Wildman–Crippen LogP) is 1.60. The zero-order valence-electron chi connectivity index (χ0n) is 12.2. The van der Waals surface area contributed by atoms with Crippen LogP contribution in [0.5, 0.6) is 0 Å². The van der Waals surface area contributed by atoms with Crippen LogP contribution in [0.2, 0.25) is 0 Å². The molecule has 2 unspecified atom stereocenters. The molecule has 3 N–H and O–H groups in total. The molecule has 0 aromatic carbocycles. The third-order valence-electron chi connectivity index (χ3n) is 4.09. The first-order chi connectivity index (χ1) is 9.83. The van der Waals surface area contributed by atoms with Gasteiger partial charge in [-0.2, -0.15) is 5.10 Å².